The number of hydrogen-bond acceptors (Lipinski definition) is 4. The van der Waals surface area contributed by atoms with E-state index in [4.69, 9.17) is 5.73 Å². The number of benzene rings is 1. The molecule has 5 heteroatoms. The first kappa shape index (κ1) is 13.3. The zero-order chi connectivity index (χ0) is 14.1. The smallest absolute Gasteiger partial charge is 0.138 e. The van der Waals surface area contributed by atoms with Crippen LogP contribution in [-0.2, 0) is 6.54 Å². The summed E-state index contributed by atoms with van der Waals surface area (Å²) >= 11 is 0. The van der Waals surface area contributed by atoms with E-state index in [1.165, 1.54) is 11.1 Å². The third-order valence-corrected chi connectivity index (χ3v) is 4.08. The molecule has 1 aromatic carbocycles. The molecule has 1 aromatic heterocycles. The van der Waals surface area contributed by atoms with Crippen molar-refractivity contribution in [1.82, 2.24) is 19.7 Å². The van der Waals surface area contributed by atoms with E-state index in [1.807, 2.05) is 0 Å². The molecule has 106 valence electrons. The summed E-state index contributed by atoms with van der Waals surface area (Å²) < 4.78 is 1.80. The van der Waals surface area contributed by atoms with E-state index in [2.05, 4.69) is 47.0 Å². The molecule has 1 aliphatic rings. The Labute approximate surface area is 119 Å². The predicted octanol–water partition coefficient (Wildman–Crippen LogP) is 1.35. The van der Waals surface area contributed by atoms with Crippen molar-refractivity contribution in [2.24, 2.45) is 11.7 Å². The summed E-state index contributed by atoms with van der Waals surface area (Å²) in [6, 6.07) is 6.81. The molecule has 20 heavy (non-hydrogen) atoms. The lowest BCUT2D eigenvalue weighted by Crippen LogP contribution is -2.28. The minimum absolute atomic E-state index is 0.311. The first-order valence-electron chi connectivity index (χ1n) is 7.06. The van der Waals surface area contributed by atoms with Crippen molar-refractivity contribution in [1.29, 1.82) is 0 Å². The molecular formula is C15H21N5. The van der Waals surface area contributed by atoms with Gasteiger partial charge in [0.15, 0.2) is 0 Å². The Morgan fingerprint density at radius 1 is 1.35 bits per heavy atom. The van der Waals surface area contributed by atoms with Crippen LogP contribution in [0.15, 0.2) is 30.9 Å². The minimum Gasteiger partial charge on any atom is -0.326 e. The van der Waals surface area contributed by atoms with Crippen LogP contribution in [-0.4, -0.2) is 38.8 Å². The normalized spacial score (nSPS) is 23.4. The minimum atomic E-state index is 0.311. The number of nitrogens with two attached hydrogens (primary N) is 1. The summed E-state index contributed by atoms with van der Waals surface area (Å²) in [5.41, 5.74) is 9.70. The molecule has 2 heterocycles. The molecule has 0 spiro atoms. The van der Waals surface area contributed by atoms with E-state index < -0.39 is 0 Å². The number of nitrogens with zero attached hydrogens (tertiary/aromatic N) is 4. The quantitative estimate of drug-likeness (QED) is 0.915. The fraction of sp³-hybridized carbons (Fsp3) is 0.467. The third-order valence-electron chi connectivity index (χ3n) is 4.08. The van der Waals surface area contributed by atoms with Crippen LogP contribution in [0.5, 0.6) is 0 Å². The fourth-order valence-electron chi connectivity index (χ4n) is 2.89. The van der Waals surface area contributed by atoms with Gasteiger partial charge in [0.2, 0.25) is 0 Å². The molecule has 0 aliphatic carbocycles. The van der Waals surface area contributed by atoms with Gasteiger partial charge in [-0.15, -0.1) is 0 Å². The first-order valence-corrected chi connectivity index (χ1v) is 7.06. The lowest BCUT2D eigenvalue weighted by Gasteiger charge is -2.16. The van der Waals surface area contributed by atoms with Crippen molar-refractivity contribution < 1.29 is 0 Å². The summed E-state index contributed by atoms with van der Waals surface area (Å²) in [7, 11) is 0. The molecule has 0 saturated carbocycles. The van der Waals surface area contributed by atoms with Gasteiger partial charge in [-0.2, -0.15) is 5.10 Å². The van der Waals surface area contributed by atoms with Gasteiger partial charge in [-0.05, 0) is 30.0 Å². The highest BCUT2D eigenvalue weighted by Crippen LogP contribution is 2.20. The number of aryl methyl sites for hydroxylation is 1. The van der Waals surface area contributed by atoms with Gasteiger partial charge in [0.05, 0.1) is 5.69 Å². The molecule has 1 aliphatic heterocycles. The number of hydrogen-bond donors (Lipinski definition) is 1. The van der Waals surface area contributed by atoms with Crippen LogP contribution in [0.2, 0.25) is 0 Å². The second kappa shape index (κ2) is 5.34. The maximum absolute atomic E-state index is 6.08. The van der Waals surface area contributed by atoms with Gasteiger partial charge in [-0.3, -0.25) is 4.90 Å². The van der Waals surface area contributed by atoms with Crippen molar-refractivity contribution in [3.05, 3.63) is 42.0 Å². The SMILES string of the molecule is Cc1cc(CN2CC(C)C(N)C2)ccc1-n1cncn1. The summed E-state index contributed by atoms with van der Waals surface area (Å²) in [4.78, 5) is 6.42. The van der Waals surface area contributed by atoms with Crippen molar-refractivity contribution in [2.75, 3.05) is 13.1 Å². The van der Waals surface area contributed by atoms with Crippen LogP contribution in [0.4, 0.5) is 0 Å². The van der Waals surface area contributed by atoms with Crippen LogP contribution in [0.3, 0.4) is 0 Å². The Bertz CT molecular complexity index is 568. The maximum Gasteiger partial charge on any atom is 0.138 e. The van der Waals surface area contributed by atoms with Crippen molar-refractivity contribution >= 4 is 0 Å². The zero-order valence-electron chi connectivity index (χ0n) is 12.0. The highest BCUT2D eigenvalue weighted by Gasteiger charge is 2.26. The van der Waals surface area contributed by atoms with Crippen LogP contribution in [0.25, 0.3) is 5.69 Å². The fourth-order valence-corrected chi connectivity index (χ4v) is 2.89. The molecule has 2 N–H and O–H groups in total. The van der Waals surface area contributed by atoms with Gasteiger partial charge < -0.3 is 5.73 Å². The standard InChI is InChI=1S/C15H21N5/c1-11-5-13(7-19-6-12(2)14(16)8-19)3-4-15(11)20-10-17-9-18-20/h3-5,9-10,12,14H,6-8,16H2,1-2H3. The zero-order valence-corrected chi connectivity index (χ0v) is 12.0. The summed E-state index contributed by atoms with van der Waals surface area (Å²) in [6.07, 6.45) is 3.28. The van der Waals surface area contributed by atoms with Gasteiger partial charge in [-0.25, -0.2) is 9.67 Å². The van der Waals surface area contributed by atoms with Crippen LogP contribution in [0.1, 0.15) is 18.1 Å². The molecule has 2 unspecified atom stereocenters. The molecule has 2 atom stereocenters. The van der Waals surface area contributed by atoms with E-state index in [0.717, 1.165) is 25.3 Å². The monoisotopic (exact) mass is 271 g/mol. The highest BCUT2D eigenvalue weighted by atomic mass is 15.3. The van der Waals surface area contributed by atoms with Gasteiger partial charge in [0.1, 0.15) is 12.7 Å². The second-order valence-electron chi connectivity index (χ2n) is 5.80. The van der Waals surface area contributed by atoms with E-state index in [-0.39, 0.29) is 0 Å². The lowest BCUT2D eigenvalue weighted by molar-refractivity contribution is 0.319. The number of rotatable bonds is 3. The van der Waals surface area contributed by atoms with E-state index >= 15 is 0 Å². The van der Waals surface area contributed by atoms with Gasteiger partial charge >= 0.3 is 0 Å². The molecule has 2 aromatic rings. The van der Waals surface area contributed by atoms with Crippen molar-refractivity contribution in [2.45, 2.75) is 26.4 Å². The van der Waals surface area contributed by atoms with E-state index in [9.17, 15) is 0 Å². The number of aromatic nitrogens is 3. The van der Waals surface area contributed by atoms with E-state index in [0.29, 0.717) is 12.0 Å². The molecule has 1 fully saturated rings. The van der Waals surface area contributed by atoms with Gasteiger partial charge in [0.25, 0.3) is 0 Å². The Hall–Kier alpha value is -1.72. The average molecular weight is 271 g/mol. The van der Waals surface area contributed by atoms with Crippen molar-refractivity contribution in [3.63, 3.8) is 0 Å². The Morgan fingerprint density at radius 3 is 2.80 bits per heavy atom. The predicted molar refractivity (Wildman–Crippen MR) is 78.5 cm³/mol. The average Bonchev–Trinajstić information content (AvgIpc) is 3.01. The summed E-state index contributed by atoms with van der Waals surface area (Å²) in [5.74, 6) is 0.588. The first-order chi connectivity index (χ1) is 9.63. The number of likely N-dealkylation sites (tertiary alicyclic amines) is 1. The lowest BCUT2D eigenvalue weighted by atomic mass is 10.1. The second-order valence-corrected chi connectivity index (χ2v) is 5.80. The summed E-state index contributed by atoms with van der Waals surface area (Å²) in [6.45, 7) is 7.38. The molecule has 0 bridgehead atoms. The van der Waals surface area contributed by atoms with Crippen LogP contribution < -0.4 is 5.73 Å². The maximum atomic E-state index is 6.08. The molecule has 1 saturated heterocycles. The Balaban J connectivity index is 1.74. The highest BCUT2D eigenvalue weighted by molar-refractivity contribution is 5.41. The molecular weight excluding hydrogens is 250 g/mol. The van der Waals surface area contributed by atoms with Crippen LogP contribution >= 0.6 is 0 Å². The van der Waals surface area contributed by atoms with E-state index in [1.54, 1.807) is 17.3 Å². The largest absolute Gasteiger partial charge is 0.326 e. The summed E-state index contributed by atoms with van der Waals surface area (Å²) in [5, 5.41) is 4.18. The molecule has 0 radical (unpaired) electrons. The third kappa shape index (κ3) is 2.59. The Kier molecular flexibility index (Phi) is 3.54. The molecule has 0 amide bonds. The van der Waals surface area contributed by atoms with Crippen LogP contribution in [0, 0.1) is 12.8 Å². The molecule has 3 rings (SSSR count). The van der Waals surface area contributed by atoms with Gasteiger partial charge in [-0.1, -0.05) is 19.1 Å². The topological polar surface area (TPSA) is 60.0 Å². The van der Waals surface area contributed by atoms with Crippen molar-refractivity contribution in [3.8, 4) is 5.69 Å². The Morgan fingerprint density at radius 2 is 2.20 bits per heavy atom. The molecule has 5 nitrogen and oxygen atoms in total. The van der Waals surface area contributed by atoms with Gasteiger partial charge in [0, 0.05) is 25.7 Å².